The second kappa shape index (κ2) is 7.79. The number of nitrogen functional groups attached to an aromatic ring is 1. The Hall–Kier alpha value is -1.09. The molecule has 21 heavy (non-hydrogen) atoms. The second-order valence-electron chi connectivity index (χ2n) is 4.28. The number of nitrogens with two attached hydrogens (primary N) is 1. The van der Waals surface area contributed by atoms with E-state index in [1.54, 1.807) is 6.20 Å². The molecule has 0 unspecified atom stereocenters. The average Bonchev–Trinajstić information content (AvgIpc) is 2.94. The van der Waals surface area contributed by atoms with Crippen LogP contribution in [0.5, 0.6) is 0 Å². The summed E-state index contributed by atoms with van der Waals surface area (Å²) in [5, 5.41) is 2.81. The van der Waals surface area contributed by atoms with E-state index in [0.717, 1.165) is 9.90 Å². The Morgan fingerprint density at radius 3 is 2.86 bits per heavy atom. The average molecular weight is 343 g/mol. The van der Waals surface area contributed by atoms with E-state index in [4.69, 9.17) is 5.73 Å². The predicted molar refractivity (Wildman–Crippen MR) is 89.2 cm³/mol. The Morgan fingerprint density at radius 2 is 2.14 bits per heavy atom. The highest BCUT2D eigenvalue weighted by Gasteiger charge is 2.10. The Bertz CT molecular complexity index is 657. The summed E-state index contributed by atoms with van der Waals surface area (Å²) >= 11 is 2.98. The van der Waals surface area contributed by atoms with Gasteiger partial charge in [-0.2, -0.15) is 0 Å². The summed E-state index contributed by atoms with van der Waals surface area (Å²) in [6.07, 6.45) is 2.34. The predicted octanol–water partition coefficient (Wildman–Crippen LogP) is 1.98. The first-order valence-corrected chi connectivity index (χ1v) is 9.91. The highest BCUT2D eigenvalue weighted by Crippen LogP contribution is 2.24. The van der Waals surface area contributed by atoms with E-state index in [1.165, 1.54) is 23.1 Å². The van der Waals surface area contributed by atoms with Gasteiger partial charge in [-0.05, 0) is 12.1 Å². The summed E-state index contributed by atoms with van der Waals surface area (Å²) in [5.74, 6) is 0.546. The van der Waals surface area contributed by atoms with Gasteiger partial charge in [0.25, 0.3) is 0 Å². The Morgan fingerprint density at radius 1 is 1.33 bits per heavy atom. The maximum atomic E-state index is 11.9. The van der Waals surface area contributed by atoms with Gasteiger partial charge in [0.1, 0.15) is 0 Å². The van der Waals surface area contributed by atoms with Gasteiger partial charge in [0.15, 0.2) is 0 Å². The summed E-state index contributed by atoms with van der Waals surface area (Å²) < 4.78 is 26.3. The number of thioether (sulfide) groups is 1. The molecule has 1 aromatic heterocycles. The van der Waals surface area contributed by atoms with Gasteiger partial charge < -0.3 is 5.73 Å². The third kappa shape index (κ3) is 5.66. The van der Waals surface area contributed by atoms with Crippen molar-refractivity contribution in [3.8, 4) is 0 Å². The summed E-state index contributed by atoms with van der Waals surface area (Å²) in [6.45, 7) is 0.383. The van der Waals surface area contributed by atoms with Gasteiger partial charge in [0.2, 0.25) is 10.0 Å². The number of sulfonamides is 1. The second-order valence-corrected chi connectivity index (χ2v) is 8.32. The number of anilines is 1. The quantitative estimate of drug-likeness (QED) is 0.565. The molecule has 1 aromatic carbocycles. The van der Waals surface area contributed by atoms with E-state index in [0.29, 0.717) is 24.4 Å². The van der Waals surface area contributed by atoms with Crippen LogP contribution < -0.4 is 10.5 Å². The summed E-state index contributed by atoms with van der Waals surface area (Å²) in [6, 6.07) is 7.45. The van der Waals surface area contributed by atoms with E-state index in [9.17, 15) is 8.42 Å². The minimum atomic E-state index is -3.25. The zero-order valence-corrected chi connectivity index (χ0v) is 13.8. The fourth-order valence-electron chi connectivity index (χ4n) is 1.64. The molecule has 114 valence electrons. The summed E-state index contributed by atoms with van der Waals surface area (Å²) in [7, 11) is -3.25. The molecule has 8 heteroatoms. The number of rotatable bonds is 8. The lowest BCUT2D eigenvalue weighted by atomic mass is 10.3. The van der Waals surface area contributed by atoms with Gasteiger partial charge >= 0.3 is 0 Å². The molecular formula is C13H17N3O2S3. The van der Waals surface area contributed by atoms with E-state index in [-0.39, 0.29) is 5.75 Å². The monoisotopic (exact) mass is 343 g/mol. The van der Waals surface area contributed by atoms with Crippen LogP contribution in [-0.2, 0) is 16.4 Å². The van der Waals surface area contributed by atoms with Crippen molar-refractivity contribution in [2.75, 3.05) is 23.8 Å². The topological polar surface area (TPSA) is 85.1 Å². The number of benzene rings is 1. The molecule has 0 aliphatic rings. The first kappa shape index (κ1) is 16.3. The van der Waals surface area contributed by atoms with E-state index in [1.807, 2.05) is 29.6 Å². The fraction of sp³-hybridized carbons (Fsp3) is 0.308. The third-order valence-electron chi connectivity index (χ3n) is 2.67. The van der Waals surface area contributed by atoms with Crippen molar-refractivity contribution >= 4 is 38.8 Å². The molecular weight excluding hydrogens is 326 g/mol. The maximum absolute atomic E-state index is 11.9. The SMILES string of the molecule is Nc1ccccc1SCCS(=O)(=O)NCCc1nccs1. The number of para-hydroxylation sites is 1. The van der Waals surface area contributed by atoms with Crippen LogP contribution in [0.15, 0.2) is 40.7 Å². The Balaban J connectivity index is 1.72. The molecule has 2 rings (SSSR count). The molecule has 0 atom stereocenters. The van der Waals surface area contributed by atoms with Crippen LogP contribution in [0.1, 0.15) is 5.01 Å². The lowest BCUT2D eigenvalue weighted by Crippen LogP contribution is -2.29. The standard InChI is InChI=1S/C13H17N3O2S3/c14-11-3-1-2-4-12(11)19-9-10-21(17,18)16-6-5-13-15-7-8-20-13/h1-4,7-8,16H,5-6,9-10,14H2. The van der Waals surface area contributed by atoms with E-state index in [2.05, 4.69) is 9.71 Å². The molecule has 0 saturated heterocycles. The highest BCUT2D eigenvalue weighted by molar-refractivity contribution is 8.00. The van der Waals surface area contributed by atoms with Gasteiger partial charge in [-0.1, -0.05) is 12.1 Å². The Labute approximate surface area is 133 Å². The molecule has 3 N–H and O–H groups in total. The molecule has 0 amide bonds. The van der Waals surface area contributed by atoms with Crippen molar-refractivity contribution < 1.29 is 8.42 Å². The zero-order valence-electron chi connectivity index (χ0n) is 11.4. The fourth-order valence-corrected chi connectivity index (χ4v) is 4.65. The van der Waals surface area contributed by atoms with Crippen molar-refractivity contribution in [2.45, 2.75) is 11.3 Å². The molecule has 0 spiro atoms. The largest absolute Gasteiger partial charge is 0.398 e. The molecule has 0 aliphatic carbocycles. The lowest BCUT2D eigenvalue weighted by molar-refractivity contribution is 0.583. The first-order chi connectivity index (χ1) is 10.1. The number of hydrogen-bond acceptors (Lipinski definition) is 6. The van der Waals surface area contributed by atoms with Gasteiger partial charge in [-0.25, -0.2) is 18.1 Å². The van der Waals surface area contributed by atoms with Crippen LogP contribution >= 0.6 is 23.1 Å². The molecule has 0 aliphatic heterocycles. The molecule has 0 radical (unpaired) electrons. The van der Waals surface area contributed by atoms with Crippen molar-refractivity contribution in [1.82, 2.24) is 9.71 Å². The molecule has 1 heterocycles. The number of hydrogen-bond donors (Lipinski definition) is 2. The summed E-state index contributed by atoms with van der Waals surface area (Å²) in [5.41, 5.74) is 6.49. The van der Waals surface area contributed by atoms with Crippen molar-refractivity contribution in [3.05, 3.63) is 40.8 Å². The third-order valence-corrected chi connectivity index (χ3v) is 6.25. The number of thiazole rings is 1. The van der Waals surface area contributed by atoms with Crippen LogP contribution in [0.2, 0.25) is 0 Å². The lowest BCUT2D eigenvalue weighted by Gasteiger charge is -2.07. The minimum Gasteiger partial charge on any atom is -0.398 e. The van der Waals surface area contributed by atoms with E-state index < -0.39 is 10.0 Å². The van der Waals surface area contributed by atoms with Crippen LogP contribution in [0.3, 0.4) is 0 Å². The number of nitrogens with one attached hydrogen (secondary N) is 1. The van der Waals surface area contributed by atoms with Crippen LogP contribution in [0.25, 0.3) is 0 Å². The maximum Gasteiger partial charge on any atom is 0.212 e. The van der Waals surface area contributed by atoms with E-state index >= 15 is 0 Å². The first-order valence-electron chi connectivity index (χ1n) is 6.40. The van der Waals surface area contributed by atoms with Crippen LogP contribution in [0, 0.1) is 0 Å². The normalized spacial score (nSPS) is 11.6. The van der Waals surface area contributed by atoms with Crippen molar-refractivity contribution in [1.29, 1.82) is 0 Å². The van der Waals surface area contributed by atoms with Crippen LogP contribution in [0.4, 0.5) is 5.69 Å². The molecule has 2 aromatic rings. The van der Waals surface area contributed by atoms with Crippen LogP contribution in [-0.4, -0.2) is 31.5 Å². The van der Waals surface area contributed by atoms with Gasteiger partial charge in [-0.15, -0.1) is 23.1 Å². The molecule has 0 bridgehead atoms. The molecule has 0 fully saturated rings. The minimum absolute atomic E-state index is 0.0733. The Kier molecular flexibility index (Phi) is 6.04. The summed E-state index contributed by atoms with van der Waals surface area (Å²) in [4.78, 5) is 5.03. The highest BCUT2D eigenvalue weighted by atomic mass is 32.2. The molecule has 5 nitrogen and oxygen atoms in total. The van der Waals surface area contributed by atoms with Gasteiger partial charge in [0, 0.05) is 40.9 Å². The van der Waals surface area contributed by atoms with Gasteiger partial charge in [-0.3, -0.25) is 0 Å². The smallest absolute Gasteiger partial charge is 0.212 e. The number of nitrogens with zero attached hydrogens (tertiary/aromatic N) is 1. The van der Waals surface area contributed by atoms with Gasteiger partial charge in [0.05, 0.1) is 10.8 Å². The zero-order chi connectivity index (χ0) is 15.1. The number of aromatic nitrogens is 1. The van der Waals surface area contributed by atoms with Crippen molar-refractivity contribution in [3.63, 3.8) is 0 Å². The molecule has 0 saturated carbocycles. The van der Waals surface area contributed by atoms with Crippen molar-refractivity contribution in [2.24, 2.45) is 0 Å².